The molecule has 0 unspecified atom stereocenters. The van der Waals surface area contributed by atoms with Crippen molar-refractivity contribution in [2.75, 3.05) is 18.0 Å². The number of anilines is 1. The van der Waals surface area contributed by atoms with E-state index < -0.39 is 11.2 Å². The van der Waals surface area contributed by atoms with Gasteiger partial charge in [0.2, 0.25) is 0 Å². The molecular formula is C17H25BNO3. The molecule has 1 heterocycles. The van der Waals surface area contributed by atoms with Crippen molar-refractivity contribution in [1.82, 2.24) is 0 Å². The van der Waals surface area contributed by atoms with Gasteiger partial charge < -0.3 is 14.7 Å². The topological polar surface area (TPSA) is 49.8 Å². The Labute approximate surface area is 133 Å². The predicted molar refractivity (Wildman–Crippen MR) is 89.7 cm³/mol. The summed E-state index contributed by atoms with van der Waals surface area (Å²) in [5, 5.41) is 10.1. The van der Waals surface area contributed by atoms with E-state index in [1.807, 2.05) is 38.1 Å². The van der Waals surface area contributed by atoms with E-state index in [4.69, 9.17) is 4.65 Å². The Balaban J connectivity index is 1.94. The van der Waals surface area contributed by atoms with Crippen LogP contribution in [0.25, 0.3) is 0 Å². The molecule has 2 rings (SSSR count). The third-order valence-electron chi connectivity index (χ3n) is 4.54. The van der Waals surface area contributed by atoms with Crippen molar-refractivity contribution in [2.24, 2.45) is 0 Å². The number of ketones is 1. The first-order valence-electron chi connectivity index (χ1n) is 7.79. The van der Waals surface area contributed by atoms with Crippen LogP contribution in [0.15, 0.2) is 24.3 Å². The molecular weight excluding hydrogens is 277 g/mol. The number of hydrogen-bond donors (Lipinski definition) is 1. The van der Waals surface area contributed by atoms with E-state index in [-0.39, 0.29) is 0 Å². The molecule has 119 valence electrons. The highest BCUT2D eigenvalue weighted by atomic mass is 16.5. The van der Waals surface area contributed by atoms with Crippen molar-refractivity contribution in [3.63, 3.8) is 0 Å². The minimum atomic E-state index is -0.927. The molecule has 1 N–H and O–H groups in total. The maximum atomic E-state index is 11.3. The zero-order valence-electron chi connectivity index (χ0n) is 13.9. The Kier molecular flexibility index (Phi) is 4.98. The smallest absolute Gasteiger partial charge is 0.330 e. The van der Waals surface area contributed by atoms with Crippen LogP contribution in [0.1, 0.15) is 40.5 Å². The molecule has 1 aliphatic heterocycles. The highest BCUT2D eigenvalue weighted by Gasteiger charge is 2.35. The van der Waals surface area contributed by atoms with Crippen molar-refractivity contribution in [2.45, 2.75) is 51.7 Å². The summed E-state index contributed by atoms with van der Waals surface area (Å²) in [5.74, 6) is 0.350. The molecule has 1 aromatic carbocycles. The fourth-order valence-electron chi connectivity index (χ4n) is 2.14. The molecule has 1 fully saturated rings. The van der Waals surface area contributed by atoms with Crippen LogP contribution in [0.5, 0.6) is 0 Å². The molecule has 22 heavy (non-hydrogen) atoms. The lowest BCUT2D eigenvalue weighted by molar-refractivity contribution is -0.119. The summed E-state index contributed by atoms with van der Waals surface area (Å²) in [6.45, 7) is 8.79. The lowest BCUT2D eigenvalue weighted by atomic mass is 9.82. The van der Waals surface area contributed by atoms with E-state index >= 15 is 0 Å². The van der Waals surface area contributed by atoms with Gasteiger partial charge in [0, 0.05) is 31.6 Å². The Morgan fingerprint density at radius 3 is 2.14 bits per heavy atom. The SMILES string of the molecule is CC(C)(O)C(C)(C)O[B]c1ccc(N2CCC(=O)CC2)cc1. The van der Waals surface area contributed by atoms with E-state index in [0.29, 0.717) is 18.6 Å². The van der Waals surface area contributed by atoms with Gasteiger partial charge in [-0.3, -0.25) is 4.79 Å². The largest absolute Gasteiger partial charge is 0.427 e. The molecule has 1 saturated heterocycles. The minimum absolute atomic E-state index is 0.350. The van der Waals surface area contributed by atoms with Crippen LogP contribution in [-0.2, 0) is 9.45 Å². The second kappa shape index (κ2) is 6.43. The van der Waals surface area contributed by atoms with Crippen LogP contribution in [0.3, 0.4) is 0 Å². The summed E-state index contributed by atoms with van der Waals surface area (Å²) >= 11 is 0. The summed E-state index contributed by atoms with van der Waals surface area (Å²) in [6, 6.07) is 8.07. The molecule has 1 aliphatic rings. The summed E-state index contributed by atoms with van der Waals surface area (Å²) in [5.41, 5.74) is 0.489. The predicted octanol–water partition coefficient (Wildman–Crippen LogP) is 1.67. The second-order valence-electron chi connectivity index (χ2n) is 6.92. The average molecular weight is 302 g/mol. The maximum Gasteiger partial charge on any atom is 0.330 e. The maximum absolute atomic E-state index is 11.3. The van der Waals surface area contributed by atoms with Crippen molar-refractivity contribution in [3.05, 3.63) is 24.3 Å². The van der Waals surface area contributed by atoms with Crippen molar-refractivity contribution in [3.8, 4) is 0 Å². The first-order valence-corrected chi connectivity index (χ1v) is 7.79. The van der Waals surface area contributed by atoms with Crippen LogP contribution in [-0.4, -0.2) is 42.7 Å². The van der Waals surface area contributed by atoms with Gasteiger partial charge in [-0.15, -0.1) is 0 Å². The summed E-state index contributed by atoms with van der Waals surface area (Å²) < 4.78 is 5.75. The summed E-state index contributed by atoms with van der Waals surface area (Å²) in [4.78, 5) is 13.5. The molecule has 4 nitrogen and oxygen atoms in total. The van der Waals surface area contributed by atoms with E-state index in [1.54, 1.807) is 21.3 Å². The highest BCUT2D eigenvalue weighted by Crippen LogP contribution is 2.24. The van der Waals surface area contributed by atoms with Crippen LogP contribution in [0, 0.1) is 0 Å². The molecule has 0 atom stereocenters. The first kappa shape index (κ1) is 17.0. The van der Waals surface area contributed by atoms with Gasteiger partial charge in [-0.2, -0.15) is 0 Å². The van der Waals surface area contributed by atoms with Gasteiger partial charge in [-0.25, -0.2) is 0 Å². The lowest BCUT2D eigenvalue weighted by Gasteiger charge is -2.37. The fourth-order valence-corrected chi connectivity index (χ4v) is 2.14. The van der Waals surface area contributed by atoms with Gasteiger partial charge in [0.25, 0.3) is 0 Å². The van der Waals surface area contributed by atoms with Crippen LogP contribution in [0.2, 0.25) is 0 Å². The Bertz CT molecular complexity index is 510. The second-order valence-corrected chi connectivity index (χ2v) is 6.92. The van der Waals surface area contributed by atoms with Gasteiger partial charge in [0.1, 0.15) is 5.78 Å². The van der Waals surface area contributed by atoms with Crippen molar-refractivity contribution < 1.29 is 14.6 Å². The first-order chi connectivity index (χ1) is 10.2. The van der Waals surface area contributed by atoms with Gasteiger partial charge in [0.05, 0.1) is 11.2 Å². The quantitative estimate of drug-likeness (QED) is 0.841. The van der Waals surface area contributed by atoms with Crippen LogP contribution in [0.4, 0.5) is 5.69 Å². The van der Waals surface area contributed by atoms with Crippen molar-refractivity contribution in [1.29, 1.82) is 0 Å². The van der Waals surface area contributed by atoms with E-state index in [0.717, 1.165) is 24.2 Å². The average Bonchev–Trinajstić information content (AvgIpc) is 2.45. The fraction of sp³-hybridized carbons (Fsp3) is 0.588. The third-order valence-corrected chi connectivity index (χ3v) is 4.54. The van der Waals surface area contributed by atoms with E-state index in [1.165, 1.54) is 0 Å². The van der Waals surface area contributed by atoms with Crippen molar-refractivity contribution >= 4 is 24.4 Å². The molecule has 0 spiro atoms. The molecule has 0 bridgehead atoms. The van der Waals surface area contributed by atoms with Gasteiger partial charge in [0.15, 0.2) is 0 Å². The number of piperidine rings is 1. The highest BCUT2D eigenvalue weighted by molar-refractivity contribution is 6.47. The molecule has 0 saturated carbocycles. The van der Waals surface area contributed by atoms with Gasteiger partial charge in [-0.05, 0) is 39.8 Å². The lowest BCUT2D eigenvalue weighted by Crippen LogP contribution is -2.49. The van der Waals surface area contributed by atoms with Gasteiger partial charge >= 0.3 is 7.48 Å². The Hall–Kier alpha value is -1.33. The molecule has 1 aromatic rings. The Morgan fingerprint density at radius 2 is 1.64 bits per heavy atom. The zero-order valence-corrected chi connectivity index (χ0v) is 13.9. The molecule has 0 aromatic heterocycles. The number of carbonyl (C=O) groups is 1. The number of rotatable bonds is 5. The normalized spacial score (nSPS) is 16.8. The summed E-state index contributed by atoms with van der Waals surface area (Å²) in [7, 11) is 1.68. The van der Waals surface area contributed by atoms with Gasteiger partial charge in [-0.1, -0.05) is 17.6 Å². The number of nitrogens with zero attached hydrogens (tertiary/aromatic N) is 1. The standard InChI is InChI=1S/C17H25BNO3/c1-16(2,21)17(3,4)22-18-13-5-7-14(8-6-13)19-11-9-15(20)10-12-19/h5-8,21H,9-12H2,1-4H3. The zero-order chi connectivity index (χ0) is 16.4. The number of benzene rings is 1. The molecule has 0 aliphatic carbocycles. The number of hydrogen-bond acceptors (Lipinski definition) is 4. The number of Topliss-reactive ketones (excluding diaryl/α,β-unsaturated/α-hetero) is 1. The van der Waals surface area contributed by atoms with Crippen LogP contribution < -0.4 is 10.4 Å². The third kappa shape index (κ3) is 4.11. The van der Waals surface area contributed by atoms with Crippen LogP contribution >= 0.6 is 0 Å². The Morgan fingerprint density at radius 1 is 1.09 bits per heavy atom. The number of aliphatic hydroxyl groups is 1. The van der Waals surface area contributed by atoms with E-state index in [2.05, 4.69) is 4.90 Å². The molecule has 5 heteroatoms. The monoisotopic (exact) mass is 302 g/mol. The minimum Gasteiger partial charge on any atom is -0.427 e. The number of carbonyl (C=O) groups excluding carboxylic acids is 1. The van der Waals surface area contributed by atoms with E-state index in [9.17, 15) is 9.90 Å². The molecule has 0 amide bonds. The summed E-state index contributed by atoms with van der Waals surface area (Å²) in [6.07, 6.45) is 1.27. The molecule has 1 radical (unpaired) electrons.